The third-order valence-electron chi connectivity index (χ3n) is 7.68. The number of anilines is 1. The van der Waals surface area contributed by atoms with Gasteiger partial charge in [-0.2, -0.15) is 0 Å². The summed E-state index contributed by atoms with van der Waals surface area (Å²) in [5.74, 6) is 1.79. The Hall–Kier alpha value is -4.11. The van der Waals surface area contributed by atoms with E-state index in [0.717, 1.165) is 72.2 Å². The summed E-state index contributed by atoms with van der Waals surface area (Å²) in [6.07, 6.45) is 6.69. The number of nitrogen functional groups attached to an aromatic ring is 1. The first-order chi connectivity index (χ1) is 18.5. The Morgan fingerprint density at radius 3 is 2.74 bits per heavy atom. The average molecular weight is 513 g/mol. The second-order valence-corrected chi connectivity index (χ2v) is 10.2. The number of hydrogen-bond donors (Lipinski definition) is 2. The number of amides is 1. The number of ether oxygens (including phenoxy) is 2. The van der Waals surface area contributed by atoms with E-state index in [-0.39, 0.29) is 6.23 Å². The highest BCUT2D eigenvalue weighted by Gasteiger charge is 2.37. The molecule has 1 atom stereocenters. The maximum absolute atomic E-state index is 11.2. The van der Waals surface area contributed by atoms with Crippen LogP contribution in [-0.4, -0.2) is 44.8 Å². The van der Waals surface area contributed by atoms with E-state index >= 15 is 0 Å². The van der Waals surface area contributed by atoms with E-state index in [4.69, 9.17) is 20.9 Å². The van der Waals surface area contributed by atoms with Crippen molar-refractivity contribution in [3.8, 4) is 16.9 Å². The molecule has 9 nitrogen and oxygen atoms in total. The summed E-state index contributed by atoms with van der Waals surface area (Å²) in [6, 6.07) is 18.5. The first-order valence-corrected chi connectivity index (χ1v) is 13.1. The molecule has 0 spiro atoms. The van der Waals surface area contributed by atoms with Crippen LogP contribution in [0.2, 0.25) is 0 Å². The Kier molecular flexibility index (Phi) is 6.59. The quantitative estimate of drug-likeness (QED) is 0.350. The molecule has 2 fully saturated rings. The smallest absolute Gasteiger partial charge is 0.406 e. The van der Waals surface area contributed by atoms with Gasteiger partial charge in [0.15, 0.2) is 6.23 Å². The van der Waals surface area contributed by atoms with Crippen molar-refractivity contribution in [3.63, 3.8) is 0 Å². The highest BCUT2D eigenvalue weighted by molar-refractivity contribution is 6.00. The van der Waals surface area contributed by atoms with Crippen molar-refractivity contribution in [3.05, 3.63) is 72.7 Å². The molecule has 2 aromatic carbocycles. The van der Waals surface area contributed by atoms with Gasteiger partial charge in [-0.3, -0.25) is 4.90 Å². The van der Waals surface area contributed by atoms with Crippen molar-refractivity contribution in [2.75, 3.05) is 18.8 Å². The summed E-state index contributed by atoms with van der Waals surface area (Å²) in [5.41, 5.74) is 15.6. The van der Waals surface area contributed by atoms with Gasteiger partial charge in [-0.25, -0.2) is 14.8 Å². The van der Waals surface area contributed by atoms with E-state index in [9.17, 15) is 4.79 Å². The minimum atomic E-state index is -0.702. The summed E-state index contributed by atoms with van der Waals surface area (Å²) >= 11 is 0. The van der Waals surface area contributed by atoms with Gasteiger partial charge in [0.1, 0.15) is 30.1 Å². The molecule has 1 aliphatic heterocycles. The minimum Gasteiger partial charge on any atom is -0.489 e. The van der Waals surface area contributed by atoms with Crippen molar-refractivity contribution < 1.29 is 14.3 Å². The zero-order chi connectivity index (χ0) is 26.1. The summed E-state index contributed by atoms with van der Waals surface area (Å²) in [7, 11) is 0. The summed E-state index contributed by atoms with van der Waals surface area (Å²) in [6.45, 7) is 2.34. The molecule has 1 aliphatic carbocycles. The van der Waals surface area contributed by atoms with Crippen molar-refractivity contribution in [1.82, 2.24) is 19.4 Å². The maximum Gasteiger partial charge on any atom is 0.406 e. The highest BCUT2D eigenvalue weighted by atomic mass is 16.6. The molecule has 0 unspecified atom stereocenters. The van der Waals surface area contributed by atoms with Crippen LogP contribution in [0.5, 0.6) is 5.75 Å². The lowest BCUT2D eigenvalue weighted by Crippen LogP contribution is -2.41. The predicted octanol–water partition coefficient (Wildman–Crippen LogP) is 4.73. The molecule has 2 aromatic heterocycles. The van der Waals surface area contributed by atoms with Crippen LogP contribution in [0.25, 0.3) is 22.2 Å². The van der Waals surface area contributed by atoms with Crippen molar-refractivity contribution in [2.45, 2.75) is 44.6 Å². The summed E-state index contributed by atoms with van der Waals surface area (Å²) in [4.78, 5) is 22.4. The molecule has 3 heterocycles. The van der Waals surface area contributed by atoms with Crippen molar-refractivity contribution in [2.24, 2.45) is 11.7 Å². The van der Waals surface area contributed by atoms with Gasteiger partial charge in [-0.15, -0.1) is 0 Å². The zero-order valence-corrected chi connectivity index (χ0v) is 21.2. The van der Waals surface area contributed by atoms with Crippen LogP contribution in [0.15, 0.2) is 67.1 Å². The van der Waals surface area contributed by atoms with E-state index < -0.39 is 6.09 Å². The fourth-order valence-corrected chi connectivity index (χ4v) is 5.78. The van der Waals surface area contributed by atoms with E-state index in [1.54, 1.807) is 0 Å². The van der Waals surface area contributed by atoms with Crippen LogP contribution < -0.4 is 16.2 Å². The largest absolute Gasteiger partial charge is 0.489 e. The van der Waals surface area contributed by atoms with Crippen LogP contribution in [0, 0.1) is 5.92 Å². The Labute approximate surface area is 221 Å². The second-order valence-electron chi connectivity index (χ2n) is 10.2. The van der Waals surface area contributed by atoms with E-state index in [1.165, 1.54) is 6.33 Å². The number of fused-ring (bicyclic) bond motifs is 1. The number of hydrogen-bond acceptors (Lipinski definition) is 7. The number of nitrogens with two attached hydrogens (primary N) is 2. The molecular weight excluding hydrogens is 480 g/mol. The van der Waals surface area contributed by atoms with Crippen LogP contribution in [0.3, 0.4) is 0 Å². The number of carbonyl (C=O) groups excluding carboxylic acids is 1. The fourth-order valence-electron chi connectivity index (χ4n) is 5.78. The lowest BCUT2D eigenvalue weighted by molar-refractivity contribution is -0.00181. The molecule has 0 radical (unpaired) electrons. The molecule has 4 N–H and O–H groups in total. The zero-order valence-electron chi connectivity index (χ0n) is 21.2. The van der Waals surface area contributed by atoms with Crippen LogP contribution in [0.1, 0.15) is 37.3 Å². The van der Waals surface area contributed by atoms with Gasteiger partial charge >= 0.3 is 6.09 Å². The van der Waals surface area contributed by atoms with Crippen molar-refractivity contribution >= 4 is 22.9 Å². The third-order valence-corrected chi connectivity index (χ3v) is 7.68. The Morgan fingerprint density at radius 2 is 1.92 bits per heavy atom. The molecule has 196 valence electrons. The normalized spacial score (nSPS) is 21.3. The molecule has 9 heteroatoms. The van der Waals surface area contributed by atoms with Gasteiger partial charge in [0.25, 0.3) is 0 Å². The lowest BCUT2D eigenvalue weighted by atomic mass is 9.79. The standard InChI is InChI=1S/C29H32N6O3/c30-27-26-24(21-8-4-9-23(14-21)37-17-19-6-2-1-3-7-19)16-35(28(26)33-18-32-27)22-12-20(13-22)15-34-11-5-10-25(34)38-29(31)36/h1-4,6-9,14,16,18,20,22,25H,5,10-13,15,17H2,(H2,31,36)(H2,30,32,33)/t20-,22+,25-/m1/s1. The number of likely N-dealkylation sites (tertiary alicyclic amines) is 1. The van der Waals surface area contributed by atoms with Gasteiger partial charge in [0.05, 0.1) is 5.39 Å². The number of nitrogens with zero attached hydrogens (tertiary/aromatic N) is 4. The van der Waals surface area contributed by atoms with E-state index in [2.05, 4.69) is 43.8 Å². The minimum absolute atomic E-state index is 0.200. The van der Waals surface area contributed by atoms with Crippen LogP contribution in [-0.2, 0) is 11.3 Å². The Morgan fingerprint density at radius 1 is 1.08 bits per heavy atom. The van der Waals surface area contributed by atoms with Gasteiger partial charge in [0.2, 0.25) is 0 Å². The van der Waals surface area contributed by atoms with Crippen molar-refractivity contribution in [1.29, 1.82) is 0 Å². The second kappa shape index (κ2) is 10.3. The topological polar surface area (TPSA) is 122 Å². The molecule has 38 heavy (non-hydrogen) atoms. The van der Waals surface area contributed by atoms with Gasteiger partial charge < -0.3 is 25.5 Å². The Balaban J connectivity index is 1.20. The predicted molar refractivity (Wildman–Crippen MR) is 145 cm³/mol. The van der Waals surface area contributed by atoms with E-state index in [1.807, 2.05) is 36.4 Å². The monoisotopic (exact) mass is 512 g/mol. The first-order valence-electron chi connectivity index (χ1n) is 13.1. The Bertz CT molecular complexity index is 1430. The van der Waals surface area contributed by atoms with Gasteiger partial charge in [0, 0.05) is 30.9 Å². The number of carbonyl (C=O) groups is 1. The molecule has 1 amide bonds. The molecule has 4 aromatic rings. The molecular formula is C29H32N6O3. The third kappa shape index (κ3) is 4.89. The number of aromatic nitrogens is 3. The summed E-state index contributed by atoms with van der Waals surface area (Å²) < 4.78 is 13.6. The molecule has 0 bridgehead atoms. The SMILES string of the molecule is NC(=O)O[C@@H]1CCCN1C[C@H]1C[C@@H](n2cc(-c3cccc(OCc4ccccc4)c3)c3c(N)ncnc32)C1. The van der Waals surface area contributed by atoms with E-state index in [0.29, 0.717) is 24.4 Å². The molecule has 1 saturated carbocycles. The van der Waals surface area contributed by atoms with Gasteiger partial charge in [-0.05, 0) is 54.9 Å². The van der Waals surface area contributed by atoms with Crippen LogP contribution >= 0.6 is 0 Å². The highest BCUT2D eigenvalue weighted by Crippen LogP contribution is 2.44. The van der Waals surface area contributed by atoms with Gasteiger partial charge in [-0.1, -0.05) is 42.5 Å². The number of primary amides is 1. The average Bonchev–Trinajstić information content (AvgIpc) is 3.50. The number of benzene rings is 2. The summed E-state index contributed by atoms with van der Waals surface area (Å²) in [5, 5.41) is 0.866. The molecule has 2 aliphatic rings. The first kappa shape index (κ1) is 24.2. The van der Waals surface area contributed by atoms with Crippen LogP contribution in [0.4, 0.5) is 10.6 Å². The maximum atomic E-state index is 11.2. The molecule has 6 rings (SSSR count). The fraction of sp³-hybridized carbons (Fsp3) is 0.345. The molecule has 1 saturated heterocycles. The lowest BCUT2D eigenvalue weighted by Gasteiger charge is -2.39. The number of rotatable bonds is 8.